The molecule has 5 rings (SSSR count). The number of alkyl halides is 2. The molecule has 214 valence electrons. The molecule has 0 unspecified atom stereocenters. The van der Waals surface area contributed by atoms with E-state index in [4.69, 9.17) is 10.00 Å². The summed E-state index contributed by atoms with van der Waals surface area (Å²) < 4.78 is 66.5. The van der Waals surface area contributed by atoms with Crippen LogP contribution in [-0.2, 0) is 24.7 Å². The molecular weight excluding hydrogens is 564 g/mol. The molecule has 2 heterocycles. The lowest BCUT2D eigenvalue weighted by atomic mass is 9.84. The van der Waals surface area contributed by atoms with Gasteiger partial charge in [-0.3, -0.25) is 4.98 Å². The van der Waals surface area contributed by atoms with Gasteiger partial charge in [-0.2, -0.15) is 14.0 Å². The van der Waals surface area contributed by atoms with Crippen LogP contribution in [0.3, 0.4) is 0 Å². The molecule has 43 heavy (non-hydrogen) atoms. The number of benzene rings is 3. The summed E-state index contributed by atoms with van der Waals surface area (Å²) in [4.78, 5) is 3.80. The number of aliphatic hydroxyl groups is 1. The van der Waals surface area contributed by atoms with Crippen molar-refractivity contribution in [2.75, 3.05) is 0 Å². The lowest BCUT2D eigenvalue weighted by molar-refractivity contribution is -0.207. The molecule has 3 aromatic carbocycles. The van der Waals surface area contributed by atoms with E-state index < -0.39 is 41.0 Å². The largest absolute Gasteiger partial charge is 0.489 e. The van der Waals surface area contributed by atoms with Crippen molar-refractivity contribution in [2.24, 2.45) is 0 Å². The van der Waals surface area contributed by atoms with Crippen LogP contribution < -0.4 is 4.74 Å². The summed E-state index contributed by atoms with van der Waals surface area (Å²) in [6.45, 7) is -0.635. The Bertz CT molecular complexity index is 1810. The Labute approximate surface area is 242 Å². The molecule has 0 aliphatic carbocycles. The van der Waals surface area contributed by atoms with Crippen LogP contribution in [0.4, 0.5) is 17.6 Å². The Kier molecular flexibility index (Phi) is 8.14. The predicted molar refractivity (Wildman–Crippen MR) is 144 cm³/mol. The summed E-state index contributed by atoms with van der Waals surface area (Å²) in [5.74, 6) is -0.196. The van der Waals surface area contributed by atoms with Gasteiger partial charge in [0.1, 0.15) is 36.0 Å². The molecule has 1 N–H and O–H groups in total. The monoisotopic (exact) mass is 584 g/mol. The Hall–Kier alpha value is -5.59. The standard InChI is InChI=1S/C31H20F4N6O2/c32-25-10-13-27(28(33)15-25)30(42,19-41-20-38-39-40-41)31(34,35)29-14-9-23(17-37-29)4-1-21-7-11-26(12-8-21)43-18-24-5-2-22(16-36)3-6-24/h2-3,5-15,17,20,42H,18-19H2/t30-/m0/s1. The van der Waals surface area contributed by atoms with E-state index in [1.165, 1.54) is 6.07 Å². The molecule has 0 fully saturated rings. The van der Waals surface area contributed by atoms with Crippen LogP contribution in [0.1, 0.15) is 33.5 Å². The number of halogens is 4. The molecule has 0 spiro atoms. The fourth-order valence-corrected chi connectivity index (χ4v) is 4.15. The molecule has 0 aliphatic rings. The second kappa shape index (κ2) is 12.1. The average molecular weight is 585 g/mol. The zero-order chi connectivity index (χ0) is 30.5. The minimum absolute atomic E-state index is 0.303. The normalized spacial score (nSPS) is 12.5. The van der Waals surface area contributed by atoms with Gasteiger partial charge in [-0.15, -0.1) is 5.10 Å². The van der Waals surface area contributed by atoms with E-state index in [-0.39, 0.29) is 0 Å². The van der Waals surface area contributed by atoms with Gasteiger partial charge in [-0.05, 0) is 76.7 Å². The van der Waals surface area contributed by atoms with Gasteiger partial charge in [-0.1, -0.05) is 24.0 Å². The number of hydrogen-bond acceptors (Lipinski definition) is 7. The average Bonchev–Trinajstić information content (AvgIpc) is 3.52. The Balaban J connectivity index is 1.31. The van der Waals surface area contributed by atoms with Crippen molar-refractivity contribution in [3.8, 4) is 23.7 Å². The predicted octanol–water partition coefficient (Wildman–Crippen LogP) is 4.88. The molecule has 0 aliphatic heterocycles. The summed E-state index contributed by atoms with van der Waals surface area (Å²) in [6, 6.07) is 20.2. The van der Waals surface area contributed by atoms with Gasteiger partial charge in [0, 0.05) is 29.0 Å². The maximum absolute atomic E-state index is 15.9. The van der Waals surface area contributed by atoms with Gasteiger partial charge in [0.25, 0.3) is 0 Å². The van der Waals surface area contributed by atoms with E-state index >= 15 is 8.78 Å². The van der Waals surface area contributed by atoms with E-state index in [0.29, 0.717) is 35.1 Å². The summed E-state index contributed by atoms with van der Waals surface area (Å²) in [6.07, 6.45) is 2.08. The molecule has 2 aromatic heterocycles. The second-order valence-corrected chi connectivity index (χ2v) is 9.37. The lowest BCUT2D eigenvalue weighted by Gasteiger charge is -2.35. The Morgan fingerprint density at radius 3 is 2.21 bits per heavy atom. The zero-order valence-corrected chi connectivity index (χ0v) is 22.1. The highest BCUT2D eigenvalue weighted by atomic mass is 19.3. The van der Waals surface area contributed by atoms with Crippen molar-refractivity contribution in [1.82, 2.24) is 25.2 Å². The van der Waals surface area contributed by atoms with Crippen LogP contribution in [0, 0.1) is 34.8 Å². The molecule has 0 bridgehead atoms. The molecular formula is C31H20F4N6O2. The molecule has 1 atom stereocenters. The third-order valence-electron chi connectivity index (χ3n) is 6.46. The van der Waals surface area contributed by atoms with Crippen LogP contribution >= 0.6 is 0 Å². The van der Waals surface area contributed by atoms with Crippen LogP contribution in [-0.4, -0.2) is 30.3 Å². The van der Waals surface area contributed by atoms with E-state index in [0.717, 1.165) is 41.0 Å². The zero-order valence-electron chi connectivity index (χ0n) is 22.1. The molecule has 8 nitrogen and oxygen atoms in total. The van der Waals surface area contributed by atoms with Crippen LogP contribution in [0.5, 0.6) is 5.75 Å². The maximum Gasteiger partial charge on any atom is 0.323 e. The topological polar surface area (TPSA) is 110 Å². The molecule has 0 amide bonds. The highest BCUT2D eigenvalue weighted by Crippen LogP contribution is 2.46. The molecule has 0 saturated heterocycles. The summed E-state index contributed by atoms with van der Waals surface area (Å²) in [7, 11) is 0. The third-order valence-corrected chi connectivity index (χ3v) is 6.46. The number of nitriles is 1. The number of ether oxygens (including phenoxy) is 1. The van der Waals surface area contributed by atoms with Crippen molar-refractivity contribution >= 4 is 0 Å². The van der Waals surface area contributed by atoms with Gasteiger partial charge >= 0.3 is 5.92 Å². The number of aromatic nitrogens is 5. The Morgan fingerprint density at radius 2 is 1.58 bits per heavy atom. The summed E-state index contributed by atoms with van der Waals surface area (Å²) in [5, 5.41) is 30.3. The first-order valence-corrected chi connectivity index (χ1v) is 12.6. The number of tetrazole rings is 1. The number of rotatable bonds is 8. The van der Waals surface area contributed by atoms with Crippen molar-refractivity contribution in [1.29, 1.82) is 5.26 Å². The van der Waals surface area contributed by atoms with E-state index in [9.17, 15) is 13.9 Å². The fourth-order valence-electron chi connectivity index (χ4n) is 4.15. The summed E-state index contributed by atoms with van der Waals surface area (Å²) >= 11 is 0. The quantitative estimate of drug-likeness (QED) is 0.205. The first-order chi connectivity index (χ1) is 20.7. The van der Waals surface area contributed by atoms with Gasteiger partial charge in [0.2, 0.25) is 0 Å². The van der Waals surface area contributed by atoms with Crippen LogP contribution in [0.25, 0.3) is 0 Å². The van der Waals surface area contributed by atoms with E-state index in [1.54, 1.807) is 36.4 Å². The fraction of sp³-hybridized carbons (Fsp3) is 0.129. The lowest BCUT2D eigenvalue weighted by Crippen LogP contribution is -2.48. The van der Waals surface area contributed by atoms with Crippen LogP contribution in [0.15, 0.2) is 91.4 Å². The Morgan fingerprint density at radius 1 is 0.884 bits per heavy atom. The van der Waals surface area contributed by atoms with E-state index in [2.05, 4.69) is 38.4 Å². The molecule has 12 heteroatoms. The first kappa shape index (κ1) is 28.9. The number of hydrogen-bond donors (Lipinski definition) is 1. The second-order valence-electron chi connectivity index (χ2n) is 9.37. The number of nitrogens with zero attached hydrogens (tertiary/aromatic N) is 6. The van der Waals surface area contributed by atoms with Gasteiger partial charge in [-0.25, -0.2) is 13.5 Å². The SMILES string of the molecule is N#Cc1ccc(COc2ccc(C#Cc3ccc(C(F)(F)[C@](O)(Cn4cnnn4)c4ccc(F)cc4F)nc3)cc2)cc1. The van der Waals surface area contributed by atoms with Gasteiger partial charge in [0.15, 0.2) is 5.60 Å². The summed E-state index contributed by atoms with van der Waals surface area (Å²) in [5.41, 5.74) is -2.57. The molecule has 0 radical (unpaired) electrons. The maximum atomic E-state index is 15.9. The first-order valence-electron chi connectivity index (χ1n) is 12.6. The van der Waals surface area contributed by atoms with Crippen molar-refractivity contribution in [2.45, 2.75) is 24.7 Å². The third kappa shape index (κ3) is 6.35. The molecule has 5 aromatic rings. The smallest absolute Gasteiger partial charge is 0.323 e. The van der Waals surface area contributed by atoms with Crippen molar-refractivity contribution in [3.05, 3.63) is 137 Å². The van der Waals surface area contributed by atoms with Crippen molar-refractivity contribution in [3.63, 3.8) is 0 Å². The van der Waals surface area contributed by atoms with Gasteiger partial charge < -0.3 is 9.84 Å². The highest BCUT2D eigenvalue weighted by molar-refractivity contribution is 5.44. The van der Waals surface area contributed by atoms with Gasteiger partial charge in [0.05, 0.1) is 18.2 Å². The van der Waals surface area contributed by atoms with E-state index in [1.807, 2.05) is 12.1 Å². The van der Waals surface area contributed by atoms with Crippen molar-refractivity contribution < 1.29 is 27.4 Å². The van der Waals surface area contributed by atoms with Crippen LogP contribution in [0.2, 0.25) is 0 Å². The molecule has 0 saturated carbocycles. The number of pyridine rings is 1. The minimum atomic E-state index is -4.17. The minimum Gasteiger partial charge on any atom is -0.489 e. The highest BCUT2D eigenvalue weighted by Gasteiger charge is 2.58.